The van der Waals surface area contributed by atoms with Gasteiger partial charge in [-0.2, -0.15) is 0 Å². The maximum atomic E-state index is 8.95. The first-order valence-corrected chi connectivity index (χ1v) is 3.01. The van der Waals surface area contributed by atoms with Gasteiger partial charge in [-0.05, 0) is 6.92 Å². The van der Waals surface area contributed by atoms with Crippen molar-refractivity contribution in [2.24, 2.45) is 5.92 Å². The highest BCUT2D eigenvalue weighted by Gasteiger charge is 2.31. The van der Waals surface area contributed by atoms with Crippen LogP contribution in [-0.4, -0.2) is 23.9 Å². The van der Waals surface area contributed by atoms with Crippen LogP contribution in [0, 0.1) is 5.92 Å². The highest BCUT2D eigenvalue weighted by atomic mass is 16.6. The molecule has 0 amide bonds. The second-order valence-corrected chi connectivity index (χ2v) is 2.47. The molecule has 1 fully saturated rings. The Bertz CT molecular complexity index is 74.6. The lowest BCUT2D eigenvalue weighted by Gasteiger charge is -2.09. The minimum atomic E-state index is -0.220. The maximum Gasteiger partial charge on any atom is 0.0859 e. The fourth-order valence-corrected chi connectivity index (χ4v) is 0.670. The van der Waals surface area contributed by atoms with E-state index in [1.807, 2.05) is 6.92 Å². The van der Waals surface area contributed by atoms with Crippen molar-refractivity contribution in [3.8, 4) is 0 Å². The molecule has 0 aromatic heterocycles. The van der Waals surface area contributed by atoms with Crippen LogP contribution in [0.1, 0.15) is 13.8 Å². The third-order valence-corrected chi connectivity index (χ3v) is 1.71. The number of aliphatic hydroxyl groups is 1. The summed E-state index contributed by atoms with van der Waals surface area (Å²) < 4.78 is 4.97. The van der Waals surface area contributed by atoms with Crippen molar-refractivity contribution in [3.63, 3.8) is 0 Å². The fraction of sp³-hybridized carbons (Fsp3) is 1.00. The quantitative estimate of drug-likeness (QED) is 0.530. The molecule has 8 heavy (non-hydrogen) atoms. The molecule has 48 valence electrons. The Balaban J connectivity index is 2.22. The molecule has 3 atom stereocenters. The molecule has 0 aliphatic carbocycles. The first kappa shape index (κ1) is 6.05. The Labute approximate surface area is 49.5 Å². The van der Waals surface area contributed by atoms with Gasteiger partial charge in [-0.3, -0.25) is 0 Å². The summed E-state index contributed by atoms with van der Waals surface area (Å²) in [6, 6.07) is 0. The van der Waals surface area contributed by atoms with Gasteiger partial charge in [0.05, 0.1) is 18.8 Å². The zero-order valence-electron chi connectivity index (χ0n) is 5.29. The van der Waals surface area contributed by atoms with Crippen LogP contribution in [0.5, 0.6) is 0 Å². The molecule has 2 nitrogen and oxygen atoms in total. The average molecular weight is 116 g/mol. The van der Waals surface area contributed by atoms with Gasteiger partial charge in [-0.15, -0.1) is 0 Å². The fourth-order valence-electron chi connectivity index (χ4n) is 0.670. The zero-order valence-corrected chi connectivity index (χ0v) is 5.29. The largest absolute Gasteiger partial charge is 0.393 e. The minimum absolute atomic E-state index is 0.220. The van der Waals surface area contributed by atoms with Crippen molar-refractivity contribution < 1.29 is 9.84 Å². The van der Waals surface area contributed by atoms with Gasteiger partial charge in [0.25, 0.3) is 0 Å². The Kier molecular flexibility index (Phi) is 1.54. The predicted molar refractivity (Wildman–Crippen MR) is 30.6 cm³/mol. The summed E-state index contributed by atoms with van der Waals surface area (Å²) in [5, 5.41) is 8.95. The molecule has 0 unspecified atom stereocenters. The van der Waals surface area contributed by atoms with E-state index in [4.69, 9.17) is 9.84 Å². The molecule has 2 heteroatoms. The van der Waals surface area contributed by atoms with E-state index in [1.165, 1.54) is 0 Å². The third kappa shape index (κ3) is 1.20. The molecule has 0 bridgehead atoms. The van der Waals surface area contributed by atoms with Crippen molar-refractivity contribution in [2.45, 2.75) is 26.1 Å². The first-order valence-electron chi connectivity index (χ1n) is 3.01. The Hall–Kier alpha value is -0.0800. The van der Waals surface area contributed by atoms with Crippen LogP contribution in [0.2, 0.25) is 0 Å². The smallest absolute Gasteiger partial charge is 0.0859 e. The number of epoxide rings is 1. The van der Waals surface area contributed by atoms with Crippen LogP contribution < -0.4 is 0 Å². The van der Waals surface area contributed by atoms with Crippen molar-refractivity contribution in [3.05, 3.63) is 0 Å². The lowest BCUT2D eigenvalue weighted by Crippen LogP contribution is -2.18. The maximum absolute atomic E-state index is 8.95. The molecule has 1 heterocycles. The SMILES string of the molecule is C[C@@H]([C@@H]1CO1)[C@@H](C)O. The molecule has 1 saturated heterocycles. The first-order chi connectivity index (χ1) is 3.72. The standard InChI is InChI=1S/C6H12O2/c1-4(5(2)7)6-3-8-6/h4-7H,3H2,1-2H3/t4-,5-,6+/m1/s1. The van der Waals surface area contributed by atoms with Gasteiger partial charge in [0.1, 0.15) is 0 Å². The molecule has 0 aromatic carbocycles. The van der Waals surface area contributed by atoms with Crippen molar-refractivity contribution in [1.29, 1.82) is 0 Å². The van der Waals surface area contributed by atoms with Crippen molar-refractivity contribution in [1.82, 2.24) is 0 Å². The molecule has 0 saturated carbocycles. The van der Waals surface area contributed by atoms with Crippen molar-refractivity contribution >= 4 is 0 Å². The molecular weight excluding hydrogens is 104 g/mol. The molecule has 0 spiro atoms. The summed E-state index contributed by atoms with van der Waals surface area (Å²) >= 11 is 0. The van der Waals surface area contributed by atoms with Gasteiger partial charge in [0, 0.05) is 5.92 Å². The van der Waals surface area contributed by atoms with E-state index in [0.29, 0.717) is 12.0 Å². The van der Waals surface area contributed by atoms with E-state index in [0.717, 1.165) is 6.61 Å². The van der Waals surface area contributed by atoms with Crippen LogP contribution in [0.25, 0.3) is 0 Å². The number of ether oxygens (including phenoxy) is 1. The Morgan fingerprint density at radius 2 is 2.12 bits per heavy atom. The van der Waals surface area contributed by atoms with Crippen LogP contribution >= 0.6 is 0 Å². The molecule has 1 aliphatic rings. The summed E-state index contributed by atoms with van der Waals surface area (Å²) in [5.74, 6) is 0.315. The Morgan fingerprint density at radius 1 is 1.62 bits per heavy atom. The van der Waals surface area contributed by atoms with Gasteiger partial charge >= 0.3 is 0 Å². The number of hydrogen-bond donors (Lipinski definition) is 1. The van der Waals surface area contributed by atoms with Crippen LogP contribution in [-0.2, 0) is 4.74 Å². The van der Waals surface area contributed by atoms with Crippen LogP contribution in [0.4, 0.5) is 0 Å². The van der Waals surface area contributed by atoms with Gasteiger partial charge in [0.15, 0.2) is 0 Å². The average Bonchev–Trinajstić information content (AvgIpc) is 2.43. The number of rotatable bonds is 2. The van der Waals surface area contributed by atoms with Gasteiger partial charge in [-0.1, -0.05) is 6.92 Å². The lowest BCUT2D eigenvalue weighted by molar-refractivity contribution is 0.115. The summed E-state index contributed by atoms with van der Waals surface area (Å²) in [6.07, 6.45) is 0.123. The van der Waals surface area contributed by atoms with E-state index in [-0.39, 0.29) is 6.10 Å². The molecule has 1 aliphatic heterocycles. The molecule has 1 N–H and O–H groups in total. The summed E-state index contributed by atoms with van der Waals surface area (Å²) in [5.41, 5.74) is 0. The van der Waals surface area contributed by atoms with Crippen LogP contribution in [0.3, 0.4) is 0 Å². The topological polar surface area (TPSA) is 32.8 Å². The number of hydrogen-bond acceptors (Lipinski definition) is 2. The molecular formula is C6H12O2. The van der Waals surface area contributed by atoms with E-state index in [2.05, 4.69) is 0 Å². The summed E-state index contributed by atoms with van der Waals surface area (Å²) in [7, 11) is 0. The minimum Gasteiger partial charge on any atom is -0.393 e. The highest BCUT2D eigenvalue weighted by molar-refractivity contribution is 4.78. The van der Waals surface area contributed by atoms with E-state index in [1.54, 1.807) is 6.92 Å². The lowest BCUT2D eigenvalue weighted by atomic mass is 10.0. The summed E-state index contributed by atoms with van der Waals surface area (Å²) in [4.78, 5) is 0. The van der Waals surface area contributed by atoms with E-state index in [9.17, 15) is 0 Å². The van der Waals surface area contributed by atoms with Gasteiger partial charge < -0.3 is 9.84 Å². The zero-order chi connectivity index (χ0) is 6.15. The molecule has 1 rings (SSSR count). The highest BCUT2D eigenvalue weighted by Crippen LogP contribution is 2.21. The second-order valence-electron chi connectivity index (χ2n) is 2.47. The second kappa shape index (κ2) is 2.03. The molecule has 0 aromatic rings. The van der Waals surface area contributed by atoms with Crippen LogP contribution in [0.15, 0.2) is 0 Å². The van der Waals surface area contributed by atoms with Crippen molar-refractivity contribution in [2.75, 3.05) is 6.61 Å². The van der Waals surface area contributed by atoms with E-state index < -0.39 is 0 Å². The Morgan fingerprint density at radius 3 is 2.25 bits per heavy atom. The normalized spacial score (nSPS) is 34.1. The summed E-state index contributed by atoms with van der Waals surface area (Å²) in [6.45, 7) is 4.64. The molecule has 0 radical (unpaired) electrons. The third-order valence-electron chi connectivity index (χ3n) is 1.71. The predicted octanol–water partition coefficient (Wildman–Crippen LogP) is 0.402. The van der Waals surface area contributed by atoms with E-state index >= 15 is 0 Å². The van der Waals surface area contributed by atoms with Gasteiger partial charge in [0.2, 0.25) is 0 Å². The van der Waals surface area contributed by atoms with Gasteiger partial charge in [-0.25, -0.2) is 0 Å². The number of aliphatic hydroxyl groups excluding tert-OH is 1. The monoisotopic (exact) mass is 116 g/mol.